The Balaban J connectivity index is 1.79. The number of anilines is 1. The van der Waals surface area contributed by atoms with Crippen molar-refractivity contribution in [2.45, 2.75) is 25.3 Å². The molecule has 1 heterocycles. The van der Waals surface area contributed by atoms with Crippen LogP contribution in [-0.2, 0) is 4.79 Å². The number of aliphatic imine (C=N–C) groups is 1. The highest BCUT2D eigenvalue weighted by Crippen LogP contribution is 2.22. The average Bonchev–Trinajstić information content (AvgIpc) is 3.06. The molecule has 1 fully saturated rings. The van der Waals surface area contributed by atoms with Crippen molar-refractivity contribution in [2.24, 2.45) is 10.7 Å². The van der Waals surface area contributed by atoms with Crippen molar-refractivity contribution in [3.63, 3.8) is 0 Å². The van der Waals surface area contributed by atoms with Crippen molar-refractivity contribution >= 4 is 17.6 Å². The average molecular weight is 347 g/mol. The van der Waals surface area contributed by atoms with Gasteiger partial charge in [0.1, 0.15) is 5.75 Å². The number of nitrogens with one attached hydrogen (secondary N) is 1. The van der Waals surface area contributed by atoms with Crippen LogP contribution in [0, 0.1) is 0 Å². The van der Waals surface area contributed by atoms with E-state index in [9.17, 15) is 4.79 Å². The number of ether oxygens (including phenoxy) is 1. The van der Waals surface area contributed by atoms with Gasteiger partial charge in [-0.1, -0.05) is 12.1 Å². The van der Waals surface area contributed by atoms with Gasteiger partial charge in [-0.25, -0.2) is 0 Å². The Bertz CT molecular complexity index is 603. The number of amides is 1. The number of para-hydroxylation sites is 2. The molecule has 1 amide bonds. The van der Waals surface area contributed by atoms with Gasteiger partial charge in [0.2, 0.25) is 5.91 Å². The molecule has 1 unspecified atom stereocenters. The number of nitrogens with two attached hydrogens (primary N) is 1. The number of benzene rings is 1. The van der Waals surface area contributed by atoms with Crippen LogP contribution in [0.25, 0.3) is 0 Å². The summed E-state index contributed by atoms with van der Waals surface area (Å²) in [6.07, 6.45) is 2.88. The molecule has 1 atom stereocenters. The smallest absolute Gasteiger partial charge is 0.239 e. The van der Waals surface area contributed by atoms with Gasteiger partial charge in [-0.2, -0.15) is 0 Å². The molecule has 138 valence electrons. The summed E-state index contributed by atoms with van der Waals surface area (Å²) in [7, 11) is 5.25. The Labute approximate surface area is 149 Å². The number of carbonyl (C=O) groups is 1. The Morgan fingerprint density at radius 3 is 2.92 bits per heavy atom. The van der Waals surface area contributed by atoms with Gasteiger partial charge in [0.25, 0.3) is 0 Å². The molecule has 1 aliphatic rings. The van der Waals surface area contributed by atoms with Gasteiger partial charge in [-0.15, -0.1) is 0 Å². The van der Waals surface area contributed by atoms with Crippen LogP contribution < -0.4 is 15.8 Å². The third kappa shape index (κ3) is 5.35. The van der Waals surface area contributed by atoms with Crippen LogP contribution in [0.2, 0.25) is 0 Å². The number of carbonyl (C=O) groups excluding carboxylic acids is 1. The summed E-state index contributed by atoms with van der Waals surface area (Å²) >= 11 is 0. The molecule has 25 heavy (non-hydrogen) atoms. The lowest BCUT2D eigenvalue weighted by molar-refractivity contribution is -0.133. The molecule has 0 aliphatic carbocycles. The fourth-order valence-electron chi connectivity index (χ4n) is 3.07. The first-order valence-electron chi connectivity index (χ1n) is 8.68. The molecular formula is C18H29N5O2. The Morgan fingerprint density at radius 1 is 1.44 bits per heavy atom. The standard InChI is InChI=1S/C18H29N5O2/c1-22(2)17(24)15-9-6-12-23(15)13-7-11-20-18(19)21-14-8-4-5-10-16(14)25-3/h4-5,8,10,15H,6-7,9,11-13H2,1-3H3,(H3,19,20,21). The molecule has 0 radical (unpaired) electrons. The normalized spacial score (nSPS) is 18.2. The van der Waals surface area contributed by atoms with Gasteiger partial charge in [0.05, 0.1) is 18.8 Å². The van der Waals surface area contributed by atoms with Crippen LogP contribution in [0.15, 0.2) is 29.3 Å². The quantitative estimate of drug-likeness (QED) is 0.442. The van der Waals surface area contributed by atoms with E-state index in [0.29, 0.717) is 12.5 Å². The monoisotopic (exact) mass is 347 g/mol. The second kappa shape index (κ2) is 9.27. The van der Waals surface area contributed by atoms with Crippen molar-refractivity contribution in [2.75, 3.05) is 46.2 Å². The van der Waals surface area contributed by atoms with E-state index in [2.05, 4.69) is 15.2 Å². The van der Waals surface area contributed by atoms with Crippen LogP contribution in [0.3, 0.4) is 0 Å². The largest absolute Gasteiger partial charge is 0.495 e. The Hall–Kier alpha value is -2.28. The summed E-state index contributed by atoms with van der Waals surface area (Å²) in [6, 6.07) is 7.59. The predicted octanol–water partition coefficient (Wildman–Crippen LogP) is 1.36. The summed E-state index contributed by atoms with van der Waals surface area (Å²) in [5.41, 5.74) is 6.74. The van der Waals surface area contributed by atoms with Crippen molar-refractivity contribution in [3.05, 3.63) is 24.3 Å². The molecule has 0 aromatic heterocycles. The fourth-order valence-corrected chi connectivity index (χ4v) is 3.07. The first-order valence-corrected chi connectivity index (χ1v) is 8.68. The molecule has 1 aliphatic heterocycles. The number of likely N-dealkylation sites (tertiary alicyclic amines) is 1. The molecule has 0 saturated carbocycles. The summed E-state index contributed by atoms with van der Waals surface area (Å²) in [5, 5.41) is 3.06. The number of nitrogens with zero attached hydrogens (tertiary/aromatic N) is 3. The Morgan fingerprint density at radius 2 is 2.20 bits per heavy atom. The molecule has 1 saturated heterocycles. The summed E-state index contributed by atoms with van der Waals surface area (Å²) in [5.74, 6) is 1.29. The number of likely N-dealkylation sites (N-methyl/N-ethyl adjacent to an activating group) is 1. The number of methoxy groups -OCH3 is 1. The van der Waals surface area contributed by atoms with E-state index in [0.717, 1.165) is 43.8 Å². The molecular weight excluding hydrogens is 318 g/mol. The highest BCUT2D eigenvalue weighted by Gasteiger charge is 2.30. The van der Waals surface area contributed by atoms with Crippen LogP contribution in [0.4, 0.5) is 5.69 Å². The number of hydrogen-bond donors (Lipinski definition) is 2. The topological polar surface area (TPSA) is 83.2 Å². The minimum absolute atomic E-state index is 0.0167. The molecule has 7 nitrogen and oxygen atoms in total. The maximum absolute atomic E-state index is 12.2. The van der Waals surface area contributed by atoms with E-state index < -0.39 is 0 Å². The van der Waals surface area contributed by atoms with Gasteiger partial charge in [-0.05, 0) is 37.9 Å². The summed E-state index contributed by atoms with van der Waals surface area (Å²) in [4.78, 5) is 20.5. The first kappa shape index (κ1) is 19.1. The minimum atomic E-state index is 0.0167. The molecule has 1 aromatic rings. The van der Waals surface area contributed by atoms with Crippen molar-refractivity contribution in [1.82, 2.24) is 9.80 Å². The number of guanidine groups is 1. The maximum atomic E-state index is 12.2. The van der Waals surface area contributed by atoms with Crippen LogP contribution in [-0.4, -0.2) is 68.5 Å². The van der Waals surface area contributed by atoms with Crippen molar-refractivity contribution < 1.29 is 9.53 Å². The van der Waals surface area contributed by atoms with Crippen LogP contribution in [0.1, 0.15) is 19.3 Å². The third-order valence-corrected chi connectivity index (χ3v) is 4.34. The zero-order valence-electron chi connectivity index (χ0n) is 15.4. The first-order chi connectivity index (χ1) is 12.0. The van der Waals surface area contributed by atoms with Gasteiger partial charge in [0.15, 0.2) is 5.96 Å². The maximum Gasteiger partial charge on any atom is 0.239 e. The van der Waals surface area contributed by atoms with Crippen molar-refractivity contribution in [3.8, 4) is 5.75 Å². The van der Waals surface area contributed by atoms with E-state index in [1.54, 1.807) is 12.0 Å². The van der Waals surface area contributed by atoms with E-state index in [1.165, 1.54) is 0 Å². The predicted molar refractivity (Wildman–Crippen MR) is 101 cm³/mol. The molecule has 7 heteroatoms. The number of rotatable bonds is 7. The SMILES string of the molecule is COc1ccccc1NC(N)=NCCCN1CCCC1C(=O)N(C)C. The van der Waals surface area contributed by atoms with E-state index in [-0.39, 0.29) is 11.9 Å². The van der Waals surface area contributed by atoms with E-state index in [1.807, 2.05) is 38.4 Å². The van der Waals surface area contributed by atoms with Gasteiger partial charge in [0, 0.05) is 27.2 Å². The van der Waals surface area contributed by atoms with Crippen LogP contribution >= 0.6 is 0 Å². The van der Waals surface area contributed by atoms with E-state index in [4.69, 9.17) is 10.5 Å². The highest BCUT2D eigenvalue weighted by molar-refractivity contribution is 5.93. The Kier molecular flexibility index (Phi) is 7.06. The van der Waals surface area contributed by atoms with Gasteiger partial charge >= 0.3 is 0 Å². The van der Waals surface area contributed by atoms with E-state index >= 15 is 0 Å². The van der Waals surface area contributed by atoms with Crippen molar-refractivity contribution in [1.29, 1.82) is 0 Å². The second-order valence-corrected chi connectivity index (χ2v) is 6.37. The molecule has 0 spiro atoms. The lowest BCUT2D eigenvalue weighted by Crippen LogP contribution is -2.43. The fraction of sp³-hybridized carbons (Fsp3) is 0.556. The zero-order valence-corrected chi connectivity index (χ0v) is 15.4. The molecule has 0 bridgehead atoms. The van der Waals surface area contributed by atoms with Crippen LogP contribution in [0.5, 0.6) is 5.75 Å². The molecule has 1 aromatic carbocycles. The molecule has 3 N–H and O–H groups in total. The van der Waals surface area contributed by atoms with Gasteiger partial charge in [-0.3, -0.25) is 14.7 Å². The lowest BCUT2D eigenvalue weighted by atomic mass is 10.2. The van der Waals surface area contributed by atoms with Gasteiger partial charge < -0.3 is 20.7 Å². The second-order valence-electron chi connectivity index (χ2n) is 6.37. The highest BCUT2D eigenvalue weighted by atomic mass is 16.5. The minimum Gasteiger partial charge on any atom is -0.495 e. The summed E-state index contributed by atoms with van der Waals surface area (Å²) < 4.78 is 5.28. The molecule has 2 rings (SSSR count). The lowest BCUT2D eigenvalue weighted by Gasteiger charge is -2.25. The summed E-state index contributed by atoms with van der Waals surface area (Å²) in [6.45, 7) is 2.45. The number of hydrogen-bond acceptors (Lipinski definition) is 4. The zero-order chi connectivity index (χ0) is 18.2. The third-order valence-electron chi connectivity index (χ3n) is 4.34.